The summed E-state index contributed by atoms with van der Waals surface area (Å²) in [5, 5.41) is 2.39. The highest BCUT2D eigenvalue weighted by atomic mass is 16.6. The Bertz CT molecular complexity index is 354. The van der Waals surface area contributed by atoms with E-state index in [1.807, 2.05) is 30.3 Å². The van der Waals surface area contributed by atoms with E-state index in [0.717, 1.165) is 5.56 Å². The quantitative estimate of drug-likeness (QED) is 0.764. The molecule has 1 rings (SSSR count). The van der Waals surface area contributed by atoms with Crippen LogP contribution in [0.4, 0.5) is 4.79 Å². The van der Waals surface area contributed by atoms with Crippen LogP contribution in [-0.2, 0) is 4.74 Å². The van der Waals surface area contributed by atoms with Gasteiger partial charge in [0.1, 0.15) is 6.10 Å². The van der Waals surface area contributed by atoms with Crippen LogP contribution in [-0.4, -0.2) is 13.1 Å². The van der Waals surface area contributed by atoms with Crippen LogP contribution >= 0.6 is 0 Å². The van der Waals surface area contributed by atoms with Crippen molar-refractivity contribution in [1.82, 2.24) is 5.32 Å². The van der Waals surface area contributed by atoms with E-state index in [9.17, 15) is 4.79 Å². The van der Waals surface area contributed by atoms with Gasteiger partial charge >= 0.3 is 6.09 Å². The lowest BCUT2D eigenvalue weighted by Crippen LogP contribution is -2.21. The average Bonchev–Trinajstić information content (AvgIpc) is 2.29. The van der Waals surface area contributed by atoms with Crippen LogP contribution < -0.4 is 5.32 Å². The number of ether oxygens (including phenoxy) is 1. The molecular weight excluding hydrogens is 190 g/mol. The Kier molecular flexibility index (Phi) is 4.24. The SMILES string of the molecule is C#CCC(OC(=O)NC)c1ccccc1. The van der Waals surface area contributed by atoms with Crippen LogP contribution in [0.5, 0.6) is 0 Å². The summed E-state index contributed by atoms with van der Waals surface area (Å²) >= 11 is 0. The van der Waals surface area contributed by atoms with Crippen LogP contribution in [0.3, 0.4) is 0 Å². The van der Waals surface area contributed by atoms with Gasteiger partial charge in [0.2, 0.25) is 0 Å². The lowest BCUT2D eigenvalue weighted by atomic mass is 10.1. The summed E-state index contributed by atoms with van der Waals surface area (Å²) in [4.78, 5) is 11.1. The molecule has 1 amide bonds. The highest BCUT2D eigenvalue weighted by Gasteiger charge is 2.13. The number of hydrogen-bond acceptors (Lipinski definition) is 2. The first-order chi connectivity index (χ1) is 7.27. The fourth-order valence-electron chi connectivity index (χ4n) is 1.19. The van der Waals surface area contributed by atoms with E-state index < -0.39 is 6.09 Å². The largest absolute Gasteiger partial charge is 0.440 e. The van der Waals surface area contributed by atoms with Gasteiger partial charge in [0, 0.05) is 7.05 Å². The van der Waals surface area contributed by atoms with E-state index in [2.05, 4.69) is 11.2 Å². The highest BCUT2D eigenvalue weighted by molar-refractivity contribution is 5.67. The third-order valence-corrected chi connectivity index (χ3v) is 1.93. The van der Waals surface area contributed by atoms with Gasteiger partial charge in [0.25, 0.3) is 0 Å². The predicted molar refractivity (Wildman–Crippen MR) is 58.2 cm³/mol. The predicted octanol–water partition coefficient (Wildman–Crippen LogP) is 2.11. The van der Waals surface area contributed by atoms with E-state index in [1.165, 1.54) is 7.05 Å². The van der Waals surface area contributed by atoms with Crippen LogP contribution in [0.1, 0.15) is 18.1 Å². The molecule has 0 aliphatic rings. The molecule has 0 aromatic heterocycles. The molecule has 0 aliphatic carbocycles. The molecule has 1 aromatic carbocycles. The second kappa shape index (κ2) is 5.71. The molecule has 1 aromatic rings. The molecule has 0 saturated heterocycles. The van der Waals surface area contributed by atoms with Crippen molar-refractivity contribution in [1.29, 1.82) is 0 Å². The number of terminal acetylenes is 1. The Morgan fingerprint density at radius 1 is 1.53 bits per heavy atom. The van der Waals surface area contributed by atoms with Gasteiger partial charge < -0.3 is 10.1 Å². The van der Waals surface area contributed by atoms with Crippen LogP contribution in [0.25, 0.3) is 0 Å². The van der Waals surface area contributed by atoms with Crippen LogP contribution in [0.2, 0.25) is 0 Å². The number of hydrogen-bond donors (Lipinski definition) is 1. The highest BCUT2D eigenvalue weighted by Crippen LogP contribution is 2.20. The zero-order valence-electron chi connectivity index (χ0n) is 8.57. The van der Waals surface area contributed by atoms with E-state index in [1.54, 1.807) is 0 Å². The number of benzene rings is 1. The number of carbonyl (C=O) groups excluding carboxylic acids is 1. The maximum atomic E-state index is 11.1. The van der Waals surface area contributed by atoms with E-state index in [0.29, 0.717) is 6.42 Å². The minimum atomic E-state index is -0.473. The summed E-state index contributed by atoms with van der Waals surface area (Å²) in [6, 6.07) is 9.42. The molecule has 1 atom stereocenters. The minimum Gasteiger partial charge on any atom is -0.440 e. The molecular formula is C12H13NO2. The summed E-state index contributed by atoms with van der Waals surface area (Å²) in [5.41, 5.74) is 0.902. The topological polar surface area (TPSA) is 38.3 Å². The molecule has 3 nitrogen and oxygen atoms in total. The first-order valence-electron chi connectivity index (χ1n) is 4.64. The van der Waals surface area contributed by atoms with E-state index in [-0.39, 0.29) is 6.10 Å². The monoisotopic (exact) mass is 203 g/mol. The summed E-state index contributed by atoms with van der Waals surface area (Å²) in [6.07, 6.45) is 4.74. The van der Waals surface area contributed by atoms with Crippen molar-refractivity contribution in [2.45, 2.75) is 12.5 Å². The molecule has 0 heterocycles. The summed E-state index contributed by atoms with van der Waals surface area (Å²) in [6.45, 7) is 0. The maximum Gasteiger partial charge on any atom is 0.407 e. The first kappa shape index (κ1) is 11.1. The van der Waals surface area contributed by atoms with Crippen molar-refractivity contribution < 1.29 is 9.53 Å². The Balaban J connectivity index is 2.75. The Morgan fingerprint density at radius 2 is 2.20 bits per heavy atom. The number of carbonyl (C=O) groups is 1. The molecule has 0 fully saturated rings. The first-order valence-corrected chi connectivity index (χ1v) is 4.64. The fourth-order valence-corrected chi connectivity index (χ4v) is 1.19. The Hall–Kier alpha value is -1.95. The molecule has 0 saturated carbocycles. The van der Waals surface area contributed by atoms with Crippen LogP contribution in [0.15, 0.2) is 30.3 Å². The van der Waals surface area contributed by atoms with Crippen molar-refractivity contribution in [3.63, 3.8) is 0 Å². The van der Waals surface area contributed by atoms with Gasteiger partial charge in [-0.2, -0.15) is 0 Å². The number of amides is 1. The van der Waals surface area contributed by atoms with E-state index in [4.69, 9.17) is 11.2 Å². The molecule has 78 valence electrons. The Labute approximate surface area is 89.4 Å². The van der Waals surface area contributed by atoms with Gasteiger partial charge in [-0.1, -0.05) is 30.3 Å². The van der Waals surface area contributed by atoms with Gasteiger partial charge in [0.15, 0.2) is 0 Å². The van der Waals surface area contributed by atoms with Crippen molar-refractivity contribution in [3.05, 3.63) is 35.9 Å². The van der Waals surface area contributed by atoms with Crippen molar-refractivity contribution in [2.75, 3.05) is 7.05 Å². The zero-order valence-corrected chi connectivity index (χ0v) is 8.57. The minimum absolute atomic E-state index is 0.372. The summed E-state index contributed by atoms with van der Waals surface area (Å²) in [5.74, 6) is 2.49. The molecule has 0 bridgehead atoms. The second-order valence-corrected chi connectivity index (χ2v) is 2.96. The van der Waals surface area contributed by atoms with Gasteiger partial charge in [0.05, 0.1) is 6.42 Å². The molecule has 0 radical (unpaired) electrons. The normalized spacial score (nSPS) is 11.2. The fraction of sp³-hybridized carbons (Fsp3) is 0.250. The third-order valence-electron chi connectivity index (χ3n) is 1.93. The van der Waals surface area contributed by atoms with Gasteiger partial charge in [-0.25, -0.2) is 4.79 Å². The second-order valence-electron chi connectivity index (χ2n) is 2.96. The van der Waals surface area contributed by atoms with Crippen molar-refractivity contribution >= 4 is 6.09 Å². The maximum absolute atomic E-state index is 11.1. The smallest absolute Gasteiger partial charge is 0.407 e. The standard InChI is InChI=1S/C12H13NO2/c1-3-7-11(15-12(14)13-2)10-8-5-4-6-9-10/h1,4-6,8-9,11H,7H2,2H3,(H,13,14). The van der Waals surface area contributed by atoms with Gasteiger partial charge in [-0.15, -0.1) is 12.3 Å². The Morgan fingerprint density at radius 3 is 2.73 bits per heavy atom. The summed E-state index contributed by atoms with van der Waals surface area (Å²) < 4.78 is 5.13. The van der Waals surface area contributed by atoms with Gasteiger partial charge in [-0.05, 0) is 5.56 Å². The lowest BCUT2D eigenvalue weighted by molar-refractivity contribution is 0.102. The number of alkyl carbamates (subject to hydrolysis) is 1. The molecule has 1 unspecified atom stereocenters. The number of nitrogens with one attached hydrogen (secondary N) is 1. The van der Waals surface area contributed by atoms with E-state index >= 15 is 0 Å². The van der Waals surface area contributed by atoms with Crippen molar-refractivity contribution in [2.24, 2.45) is 0 Å². The van der Waals surface area contributed by atoms with Crippen LogP contribution in [0, 0.1) is 12.3 Å². The average molecular weight is 203 g/mol. The summed E-state index contributed by atoms with van der Waals surface area (Å²) in [7, 11) is 1.51. The zero-order chi connectivity index (χ0) is 11.1. The van der Waals surface area contributed by atoms with Crippen molar-refractivity contribution in [3.8, 4) is 12.3 Å². The molecule has 0 aliphatic heterocycles. The molecule has 0 spiro atoms. The lowest BCUT2D eigenvalue weighted by Gasteiger charge is -2.15. The third kappa shape index (κ3) is 3.35. The number of rotatable bonds is 3. The molecule has 15 heavy (non-hydrogen) atoms. The van der Waals surface area contributed by atoms with Gasteiger partial charge in [-0.3, -0.25) is 0 Å². The molecule has 1 N–H and O–H groups in total. The molecule has 3 heteroatoms.